The minimum Gasteiger partial charge on any atom is -0.482 e. The molecule has 2 aromatic rings. The number of benzene rings is 1. The Morgan fingerprint density at radius 1 is 1.50 bits per heavy atom. The normalized spacial score (nSPS) is 13.2. The maximum Gasteiger partial charge on any atom is 0.265 e. The summed E-state index contributed by atoms with van der Waals surface area (Å²) in [5, 5.41) is 3.43. The van der Waals surface area contributed by atoms with Crippen LogP contribution in [0.15, 0.2) is 30.9 Å². The van der Waals surface area contributed by atoms with E-state index >= 15 is 0 Å². The van der Waals surface area contributed by atoms with E-state index in [2.05, 4.69) is 16.9 Å². The second-order valence-electron chi connectivity index (χ2n) is 5.99. The van der Waals surface area contributed by atoms with Gasteiger partial charge in [-0.25, -0.2) is 4.98 Å². The number of nitrogens with one attached hydrogen (secondary N) is 1. The molecule has 7 heteroatoms. The predicted octanol–water partition coefficient (Wildman–Crippen LogP) is 3.77. The number of amides is 2. The van der Waals surface area contributed by atoms with Gasteiger partial charge in [0, 0.05) is 23.4 Å². The molecule has 26 heavy (non-hydrogen) atoms. The summed E-state index contributed by atoms with van der Waals surface area (Å²) in [7, 11) is 0. The van der Waals surface area contributed by atoms with Crippen LogP contribution < -0.4 is 15.0 Å². The highest BCUT2D eigenvalue weighted by Crippen LogP contribution is 2.38. The van der Waals surface area contributed by atoms with Crippen molar-refractivity contribution in [3.05, 3.63) is 35.7 Å². The number of aromatic nitrogens is 1. The van der Waals surface area contributed by atoms with Crippen molar-refractivity contribution in [2.45, 2.75) is 26.7 Å². The molecule has 0 unspecified atom stereocenters. The summed E-state index contributed by atoms with van der Waals surface area (Å²) in [6.07, 6.45) is 2.96. The Labute approximate surface area is 156 Å². The summed E-state index contributed by atoms with van der Waals surface area (Å²) in [6, 6.07) is 5.66. The Bertz CT molecular complexity index is 860. The largest absolute Gasteiger partial charge is 0.482 e. The summed E-state index contributed by atoms with van der Waals surface area (Å²) >= 11 is 1.44. The van der Waals surface area contributed by atoms with Gasteiger partial charge >= 0.3 is 0 Å². The Kier molecular flexibility index (Phi) is 5.37. The van der Waals surface area contributed by atoms with Gasteiger partial charge in [-0.05, 0) is 31.5 Å². The van der Waals surface area contributed by atoms with E-state index < -0.39 is 0 Å². The van der Waals surface area contributed by atoms with Crippen molar-refractivity contribution in [2.24, 2.45) is 0 Å². The number of thiazole rings is 1. The molecule has 0 spiro atoms. The molecule has 1 aromatic carbocycles. The summed E-state index contributed by atoms with van der Waals surface area (Å²) in [4.78, 5) is 31.2. The number of aryl methyl sites for hydroxylation is 1. The van der Waals surface area contributed by atoms with Gasteiger partial charge in [-0.1, -0.05) is 13.0 Å². The molecule has 0 aliphatic carbocycles. The van der Waals surface area contributed by atoms with Crippen molar-refractivity contribution in [1.29, 1.82) is 0 Å². The molecule has 6 nitrogen and oxygen atoms in total. The molecule has 1 aliphatic heterocycles. The van der Waals surface area contributed by atoms with Gasteiger partial charge < -0.3 is 15.0 Å². The van der Waals surface area contributed by atoms with Gasteiger partial charge in [0.1, 0.15) is 5.75 Å². The molecule has 2 amide bonds. The van der Waals surface area contributed by atoms with Gasteiger partial charge in [0.25, 0.3) is 5.91 Å². The molecule has 136 valence electrons. The van der Waals surface area contributed by atoms with Gasteiger partial charge in [0.05, 0.1) is 11.4 Å². The molecule has 0 saturated heterocycles. The fourth-order valence-corrected chi connectivity index (χ4v) is 3.66. The zero-order valence-corrected chi connectivity index (χ0v) is 15.7. The lowest BCUT2D eigenvalue weighted by Crippen LogP contribution is -2.38. The average molecular weight is 371 g/mol. The Balaban J connectivity index is 1.93. The number of carbonyl (C=O) groups is 2. The van der Waals surface area contributed by atoms with Crippen LogP contribution in [-0.4, -0.2) is 29.9 Å². The van der Waals surface area contributed by atoms with E-state index in [4.69, 9.17) is 4.74 Å². The molecular formula is C19H21N3O3S. The fraction of sp³-hybridized carbons (Fsp3) is 0.316. The lowest BCUT2D eigenvalue weighted by molar-refractivity contribution is -0.121. The van der Waals surface area contributed by atoms with Crippen molar-refractivity contribution < 1.29 is 14.3 Å². The predicted molar refractivity (Wildman–Crippen MR) is 104 cm³/mol. The number of anilines is 2. The average Bonchev–Trinajstić information content (AvgIpc) is 2.97. The van der Waals surface area contributed by atoms with Crippen LogP contribution in [0.4, 0.5) is 10.8 Å². The maximum atomic E-state index is 12.1. The highest BCUT2D eigenvalue weighted by Gasteiger charge is 2.25. The molecule has 1 N–H and O–H groups in total. The van der Waals surface area contributed by atoms with Crippen molar-refractivity contribution >= 4 is 34.0 Å². The summed E-state index contributed by atoms with van der Waals surface area (Å²) in [6.45, 7) is 8.10. The zero-order chi connectivity index (χ0) is 18.7. The third-order valence-corrected chi connectivity index (χ3v) is 4.89. The number of hydrogen-bond donors (Lipinski definition) is 1. The first kappa shape index (κ1) is 18.1. The summed E-state index contributed by atoms with van der Waals surface area (Å²) in [5.41, 5.74) is 2.38. The number of hydrogen-bond acceptors (Lipinski definition) is 5. The lowest BCUT2D eigenvalue weighted by Gasteiger charge is -2.28. The molecule has 3 rings (SSSR count). The molecule has 0 atom stereocenters. The molecule has 1 aliphatic rings. The first-order valence-electron chi connectivity index (χ1n) is 8.49. The second-order valence-corrected chi connectivity index (χ2v) is 7.19. The van der Waals surface area contributed by atoms with Crippen molar-refractivity contribution in [3.8, 4) is 17.0 Å². The van der Waals surface area contributed by atoms with Crippen molar-refractivity contribution in [3.63, 3.8) is 0 Å². The lowest BCUT2D eigenvalue weighted by atomic mass is 10.1. The molecule has 0 bridgehead atoms. The van der Waals surface area contributed by atoms with E-state index in [9.17, 15) is 9.59 Å². The van der Waals surface area contributed by atoms with E-state index in [1.165, 1.54) is 11.3 Å². The van der Waals surface area contributed by atoms with Gasteiger partial charge in [-0.2, -0.15) is 0 Å². The minimum absolute atomic E-state index is 0.0313. The molecule has 0 fully saturated rings. The van der Waals surface area contributed by atoms with Crippen LogP contribution in [0.25, 0.3) is 11.3 Å². The summed E-state index contributed by atoms with van der Waals surface area (Å²) in [5.74, 6) is 0.533. The number of fused-ring (bicyclic) bond motifs is 1. The number of rotatable bonds is 6. The highest BCUT2D eigenvalue weighted by atomic mass is 32.1. The van der Waals surface area contributed by atoms with Crippen LogP contribution in [0.3, 0.4) is 0 Å². The van der Waals surface area contributed by atoms with E-state index in [0.717, 1.165) is 22.6 Å². The van der Waals surface area contributed by atoms with E-state index in [0.29, 0.717) is 29.5 Å². The molecule has 2 heterocycles. The third kappa shape index (κ3) is 3.62. The quantitative estimate of drug-likeness (QED) is 0.785. The minimum atomic E-state index is -0.0999. The maximum absolute atomic E-state index is 12.1. The Morgan fingerprint density at radius 3 is 3.04 bits per heavy atom. The van der Waals surface area contributed by atoms with Crippen LogP contribution in [0.1, 0.15) is 24.6 Å². The standard InChI is InChI=1S/C19H21N3O3S/c1-4-6-16(23)20-19-21-18(12(3)26-19)13-7-8-15-14(10-13)22(9-5-2)17(24)11-25-15/h5,7-8,10H,2,4,6,9,11H2,1,3H3,(H,20,21,23). The van der Waals surface area contributed by atoms with Crippen LogP contribution in [0.2, 0.25) is 0 Å². The van der Waals surface area contributed by atoms with E-state index in [-0.39, 0.29) is 18.4 Å². The number of ether oxygens (including phenoxy) is 1. The second kappa shape index (κ2) is 7.70. The van der Waals surface area contributed by atoms with Gasteiger partial charge in [0.2, 0.25) is 5.91 Å². The van der Waals surface area contributed by atoms with Gasteiger partial charge in [-0.15, -0.1) is 17.9 Å². The third-order valence-electron chi connectivity index (χ3n) is 4.01. The Morgan fingerprint density at radius 2 is 2.31 bits per heavy atom. The Hall–Kier alpha value is -2.67. The number of nitrogens with zero attached hydrogens (tertiary/aromatic N) is 2. The van der Waals surface area contributed by atoms with Crippen molar-refractivity contribution in [1.82, 2.24) is 4.98 Å². The van der Waals surface area contributed by atoms with Gasteiger partial charge in [0.15, 0.2) is 11.7 Å². The van der Waals surface area contributed by atoms with Crippen LogP contribution in [0, 0.1) is 6.92 Å². The smallest absolute Gasteiger partial charge is 0.265 e. The molecule has 0 saturated carbocycles. The van der Waals surface area contributed by atoms with E-state index in [1.54, 1.807) is 11.0 Å². The molecule has 1 aromatic heterocycles. The molecular weight excluding hydrogens is 350 g/mol. The fourth-order valence-electron chi connectivity index (χ4n) is 2.81. The SMILES string of the molecule is C=CCN1C(=O)COc2ccc(-c3nc(NC(=O)CCC)sc3C)cc21. The van der Waals surface area contributed by atoms with Gasteiger partial charge in [-0.3, -0.25) is 9.59 Å². The number of carbonyl (C=O) groups excluding carboxylic acids is 2. The zero-order valence-electron chi connectivity index (χ0n) is 14.9. The topological polar surface area (TPSA) is 71.5 Å². The highest BCUT2D eigenvalue weighted by molar-refractivity contribution is 7.16. The van der Waals surface area contributed by atoms with Crippen molar-refractivity contribution in [2.75, 3.05) is 23.4 Å². The monoisotopic (exact) mass is 371 g/mol. The summed E-state index contributed by atoms with van der Waals surface area (Å²) < 4.78 is 5.52. The van der Waals surface area contributed by atoms with E-state index in [1.807, 2.05) is 32.0 Å². The van der Waals surface area contributed by atoms with Crippen LogP contribution in [-0.2, 0) is 9.59 Å². The molecule has 0 radical (unpaired) electrons. The van der Waals surface area contributed by atoms with Crippen LogP contribution >= 0.6 is 11.3 Å². The first-order valence-corrected chi connectivity index (χ1v) is 9.31. The first-order chi connectivity index (χ1) is 12.5. The van der Waals surface area contributed by atoms with Crippen LogP contribution in [0.5, 0.6) is 5.75 Å².